The van der Waals surface area contributed by atoms with Gasteiger partial charge < -0.3 is 9.47 Å². The van der Waals surface area contributed by atoms with Gasteiger partial charge >= 0.3 is 0 Å². The molecule has 2 aliphatic rings. The molecule has 0 saturated carbocycles. The van der Waals surface area contributed by atoms with E-state index < -0.39 is 0 Å². The van der Waals surface area contributed by atoms with Crippen LogP contribution in [0.5, 0.6) is 11.5 Å². The fraction of sp³-hybridized carbons (Fsp3) is 0.400. The number of nitrogens with zero attached hydrogens (tertiary/aromatic N) is 1. The number of benzene rings is 2. The SMILES string of the molecule is c1ccc([C@@H]2CCCN(C[C@@H]3COc4ccccc4O3)C2)cc1. The lowest BCUT2D eigenvalue weighted by molar-refractivity contribution is 0.0505. The first-order chi connectivity index (χ1) is 11.4. The largest absolute Gasteiger partial charge is 0.486 e. The highest BCUT2D eigenvalue weighted by molar-refractivity contribution is 5.40. The predicted octanol–water partition coefficient (Wildman–Crippen LogP) is 3.71. The molecule has 23 heavy (non-hydrogen) atoms. The topological polar surface area (TPSA) is 21.7 Å². The van der Waals surface area contributed by atoms with Crippen LogP contribution in [0.15, 0.2) is 54.6 Å². The van der Waals surface area contributed by atoms with E-state index in [0.717, 1.165) is 31.1 Å². The van der Waals surface area contributed by atoms with Crippen molar-refractivity contribution in [2.45, 2.75) is 24.9 Å². The van der Waals surface area contributed by atoms with E-state index in [2.05, 4.69) is 35.2 Å². The molecule has 2 aromatic rings. The summed E-state index contributed by atoms with van der Waals surface area (Å²) in [5, 5.41) is 0. The van der Waals surface area contributed by atoms with E-state index in [0.29, 0.717) is 12.5 Å². The smallest absolute Gasteiger partial charge is 0.161 e. The lowest BCUT2D eigenvalue weighted by Crippen LogP contribution is -2.44. The molecule has 4 rings (SSSR count). The molecular formula is C20H23NO2. The van der Waals surface area contributed by atoms with Crippen molar-refractivity contribution in [2.24, 2.45) is 0 Å². The van der Waals surface area contributed by atoms with Crippen molar-refractivity contribution in [3.63, 3.8) is 0 Å². The van der Waals surface area contributed by atoms with Crippen molar-refractivity contribution in [3.8, 4) is 11.5 Å². The summed E-state index contributed by atoms with van der Waals surface area (Å²) >= 11 is 0. The molecule has 3 nitrogen and oxygen atoms in total. The van der Waals surface area contributed by atoms with E-state index in [9.17, 15) is 0 Å². The average Bonchev–Trinajstić information content (AvgIpc) is 2.63. The standard InChI is InChI=1S/C20H23NO2/c1-2-7-16(8-3-1)17-9-6-12-21(13-17)14-18-15-22-19-10-4-5-11-20(19)23-18/h1-5,7-8,10-11,17-18H,6,9,12-15H2/t17-,18-/m1/s1. The second kappa shape index (κ2) is 6.63. The highest BCUT2D eigenvalue weighted by atomic mass is 16.6. The molecule has 0 bridgehead atoms. The summed E-state index contributed by atoms with van der Waals surface area (Å²) in [6.45, 7) is 3.86. The van der Waals surface area contributed by atoms with Crippen LogP contribution in [-0.4, -0.2) is 37.2 Å². The third-order valence-corrected chi connectivity index (χ3v) is 4.81. The number of piperidine rings is 1. The molecule has 3 heteroatoms. The zero-order valence-corrected chi connectivity index (χ0v) is 13.4. The van der Waals surface area contributed by atoms with Crippen LogP contribution in [0.3, 0.4) is 0 Å². The zero-order chi connectivity index (χ0) is 15.5. The Morgan fingerprint density at radius 2 is 1.74 bits per heavy atom. The summed E-state index contributed by atoms with van der Waals surface area (Å²) in [4.78, 5) is 2.53. The summed E-state index contributed by atoms with van der Waals surface area (Å²) in [7, 11) is 0. The second-order valence-electron chi connectivity index (χ2n) is 6.51. The Labute approximate surface area is 137 Å². The average molecular weight is 309 g/mol. The predicted molar refractivity (Wildman–Crippen MR) is 91.2 cm³/mol. The molecule has 1 fully saturated rings. The molecule has 0 radical (unpaired) electrons. The molecule has 0 spiro atoms. The number of hydrogen-bond acceptors (Lipinski definition) is 3. The summed E-state index contributed by atoms with van der Waals surface area (Å²) in [6.07, 6.45) is 2.66. The van der Waals surface area contributed by atoms with Gasteiger partial charge in [-0.15, -0.1) is 0 Å². The van der Waals surface area contributed by atoms with Gasteiger partial charge in [0.15, 0.2) is 11.5 Å². The lowest BCUT2D eigenvalue weighted by Gasteiger charge is -2.36. The Morgan fingerprint density at radius 1 is 0.957 bits per heavy atom. The summed E-state index contributed by atoms with van der Waals surface area (Å²) < 4.78 is 11.9. The van der Waals surface area contributed by atoms with Gasteiger partial charge in [-0.1, -0.05) is 42.5 Å². The van der Waals surface area contributed by atoms with Crippen LogP contribution < -0.4 is 9.47 Å². The van der Waals surface area contributed by atoms with Gasteiger partial charge in [-0.25, -0.2) is 0 Å². The maximum absolute atomic E-state index is 6.11. The molecule has 0 aliphatic carbocycles. The van der Waals surface area contributed by atoms with Crippen LogP contribution in [0.4, 0.5) is 0 Å². The number of rotatable bonds is 3. The van der Waals surface area contributed by atoms with Gasteiger partial charge in [-0.2, -0.15) is 0 Å². The minimum absolute atomic E-state index is 0.124. The molecule has 2 heterocycles. The van der Waals surface area contributed by atoms with Gasteiger partial charge in [-0.05, 0) is 43.0 Å². The molecule has 2 aromatic carbocycles. The number of fused-ring (bicyclic) bond motifs is 1. The number of likely N-dealkylation sites (tertiary alicyclic amines) is 1. The molecule has 0 N–H and O–H groups in total. The molecule has 0 amide bonds. The lowest BCUT2D eigenvalue weighted by atomic mass is 9.90. The molecule has 2 aliphatic heterocycles. The van der Waals surface area contributed by atoms with Gasteiger partial charge in [0.1, 0.15) is 12.7 Å². The first kappa shape index (κ1) is 14.6. The minimum Gasteiger partial charge on any atom is -0.486 e. The van der Waals surface area contributed by atoms with Crippen LogP contribution in [0.2, 0.25) is 0 Å². The number of para-hydroxylation sites is 2. The van der Waals surface area contributed by atoms with Gasteiger partial charge in [0.05, 0.1) is 0 Å². The van der Waals surface area contributed by atoms with E-state index in [1.807, 2.05) is 24.3 Å². The maximum atomic E-state index is 6.11. The first-order valence-corrected chi connectivity index (χ1v) is 8.54. The Hall–Kier alpha value is -2.00. The Bertz CT molecular complexity index is 643. The summed E-state index contributed by atoms with van der Waals surface area (Å²) in [5.41, 5.74) is 1.46. The van der Waals surface area contributed by atoms with Gasteiger partial charge in [0, 0.05) is 13.1 Å². The molecule has 2 atom stereocenters. The van der Waals surface area contributed by atoms with E-state index >= 15 is 0 Å². The highest BCUT2D eigenvalue weighted by Gasteiger charge is 2.27. The van der Waals surface area contributed by atoms with Crippen molar-refractivity contribution in [3.05, 3.63) is 60.2 Å². The molecule has 1 saturated heterocycles. The minimum atomic E-state index is 0.124. The number of hydrogen-bond donors (Lipinski definition) is 0. The van der Waals surface area contributed by atoms with Gasteiger partial charge in [-0.3, -0.25) is 4.90 Å². The normalized spacial score (nSPS) is 24.3. The molecule has 0 unspecified atom stereocenters. The van der Waals surface area contributed by atoms with Crippen molar-refractivity contribution < 1.29 is 9.47 Å². The van der Waals surface area contributed by atoms with E-state index in [1.165, 1.54) is 18.4 Å². The fourth-order valence-electron chi connectivity index (χ4n) is 3.66. The van der Waals surface area contributed by atoms with Crippen LogP contribution in [-0.2, 0) is 0 Å². The van der Waals surface area contributed by atoms with Crippen molar-refractivity contribution in [2.75, 3.05) is 26.2 Å². The van der Waals surface area contributed by atoms with Gasteiger partial charge in [0.2, 0.25) is 0 Å². The van der Waals surface area contributed by atoms with Crippen LogP contribution >= 0.6 is 0 Å². The highest BCUT2D eigenvalue weighted by Crippen LogP contribution is 2.32. The van der Waals surface area contributed by atoms with Crippen LogP contribution in [0.25, 0.3) is 0 Å². The maximum Gasteiger partial charge on any atom is 0.161 e. The molecule has 0 aromatic heterocycles. The Morgan fingerprint density at radius 3 is 2.61 bits per heavy atom. The first-order valence-electron chi connectivity index (χ1n) is 8.54. The number of ether oxygens (including phenoxy) is 2. The third kappa shape index (κ3) is 3.35. The second-order valence-corrected chi connectivity index (χ2v) is 6.51. The van der Waals surface area contributed by atoms with Gasteiger partial charge in [0.25, 0.3) is 0 Å². The molecule has 120 valence electrons. The van der Waals surface area contributed by atoms with Crippen LogP contribution in [0, 0.1) is 0 Å². The molecular weight excluding hydrogens is 286 g/mol. The van der Waals surface area contributed by atoms with Crippen molar-refractivity contribution in [1.82, 2.24) is 4.90 Å². The van der Waals surface area contributed by atoms with Crippen molar-refractivity contribution >= 4 is 0 Å². The van der Waals surface area contributed by atoms with E-state index in [4.69, 9.17) is 9.47 Å². The summed E-state index contributed by atoms with van der Waals surface area (Å²) in [6, 6.07) is 18.8. The van der Waals surface area contributed by atoms with Crippen LogP contribution in [0.1, 0.15) is 24.3 Å². The fourth-order valence-corrected chi connectivity index (χ4v) is 3.66. The monoisotopic (exact) mass is 309 g/mol. The zero-order valence-electron chi connectivity index (χ0n) is 13.4. The Balaban J connectivity index is 1.38. The summed E-state index contributed by atoms with van der Waals surface area (Å²) in [5.74, 6) is 2.38. The third-order valence-electron chi connectivity index (χ3n) is 4.81. The van der Waals surface area contributed by atoms with E-state index in [-0.39, 0.29) is 6.10 Å². The quantitative estimate of drug-likeness (QED) is 0.863. The van der Waals surface area contributed by atoms with Crippen molar-refractivity contribution in [1.29, 1.82) is 0 Å². The van der Waals surface area contributed by atoms with E-state index in [1.54, 1.807) is 0 Å². The Kier molecular flexibility index (Phi) is 4.20.